The highest BCUT2D eigenvalue weighted by atomic mass is 35.5. The zero-order valence-electron chi connectivity index (χ0n) is 18.2. The second-order valence-corrected chi connectivity index (χ2v) is 8.28. The van der Waals surface area contributed by atoms with Crippen LogP contribution in [0, 0.1) is 5.82 Å². The Labute approximate surface area is 200 Å². The lowest BCUT2D eigenvalue weighted by Crippen LogP contribution is -2.19. The quantitative estimate of drug-likeness (QED) is 0.322. The molecular weight excluding hydrogens is 457 g/mol. The van der Waals surface area contributed by atoms with E-state index in [1.807, 2.05) is 18.3 Å². The van der Waals surface area contributed by atoms with Crippen molar-refractivity contribution in [3.05, 3.63) is 76.5 Å². The van der Waals surface area contributed by atoms with Crippen LogP contribution in [0.5, 0.6) is 0 Å². The van der Waals surface area contributed by atoms with E-state index in [1.165, 1.54) is 37.0 Å². The van der Waals surface area contributed by atoms with Gasteiger partial charge in [0.1, 0.15) is 10.8 Å². The van der Waals surface area contributed by atoms with Crippen molar-refractivity contribution in [3.8, 4) is 11.1 Å². The number of hydrogen-bond acceptors (Lipinski definition) is 6. The molecule has 34 heavy (non-hydrogen) atoms. The molecule has 0 atom stereocenters. The minimum atomic E-state index is -0.605. The van der Waals surface area contributed by atoms with Gasteiger partial charge < -0.3 is 16.0 Å². The standard InChI is InChI=1S/C24H21ClFN7O/c1-27-23(34)15-5-3-6-19(26)21(15)31-22-18(25)12-28-24(32-22)30-14-9-8-13-4-2-7-20-17(11-29-33-20)16(13)10-14/h3,5-6,8-12H,2,4,7H2,1H3,(H,27,34)(H,29,33)(H2,28,30,31,32). The molecule has 172 valence electrons. The molecule has 1 amide bonds. The molecule has 1 aliphatic carbocycles. The van der Waals surface area contributed by atoms with Crippen molar-refractivity contribution in [1.29, 1.82) is 0 Å². The Kier molecular flexibility index (Phi) is 5.85. The molecule has 4 N–H and O–H groups in total. The number of H-pyrrole nitrogens is 1. The van der Waals surface area contributed by atoms with Crippen LogP contribution in [0.2, 0.25) is 5.02 Å². The van der Waals surface area contributed by atoms with Crippen LogP contribution in [0.4, 0.5) is 27.5 Å². The van der Waals surface area contributed by atoms with E-state index in [4.69, 9.17) is 11.6 Å². The normalized spacial score (nSPS) is 12.3. The van der Waals surface area contributed by atoms with Gasteiger partial charge in [-0.2, -0.15) is 10.1 Å². The van der Waals surface area contributed by atoms with E-state index in [0.717, 1.165) is 41.8 Å². The number of nitrogens with one attached hydrogen (secondary N) is 4. The summed E-state index contributed by atoms with van der Waals surface area (Å²) in [6.45, 7) is 0. The number of amides is 1. The third kappa shape index (κ3) is 4.17. The minimum Gasteiger partial charge on any atom is -0.355 e. The molecule has 0 radical (unpaired) electrons. The first kappa shape index (κ1) is 21.8. The summed E-state index contributed by atoms with van der Waals surface area (Å²) in [7, 11) is 1.48. The number of fused-ring (bicyclic) bond motifs is 3. The molecule has 0 saturated carbocycles. The Hall–Kier alpha value is -3.98. The number of aromatic nitrogens is 4. The first-order chi connectivity index (χ1) is 16.5. The lowest BCUT2D eigenvalue weighted by Gasteiger charge is -2.14. The number of para-hydroxylation sites is 1. The number of anilines is 4. The van der Waals surface area contributed by atoms with Crippen LogP contribution >= 0.6 is 11.6 Å². The fraction of sp³-hybridized carbons (Fsp3) is 0.167. The van der Waals surface area contributed by atoms with E-state index >= 15 is 0 Å². The fourth-order valence-corrected chi connectivity index (χ4v) is 4.19. The van der Waals surface area contributed by atoms with Gasteiger partial charge in [-0.3, -0.25) is 9.89 Å². The molecule has 1 aliphatic rings. The molecule has 0 fully saturated rings. The Morgan fingerprint density at radius 2 is 2.00 bits per heavy atom. The fourth-order valence-electron chi connectivity index (χ4n) is 4.05. The van der Waals surface area contributed by atoms with Gasteiger partial charge in [0, 0.05) is 24.0 Å². The Balaban J connectivity index is 1.45. The average Bonchev–Trinajstić information content (AvgIpc) is 3.24. The van der Waals surface area contributed by atoms with E-state index < -0.39 is 11.7 Å². The van der Waals surface area contributed by atoms with Gasteiger partial charge >= 0.3 is 0 Å². The van der Waals surface area contributed by atoms with Crippen LogP contribution in [-0.2, 0) is 12.8 Å². The van der Waals surface area contributed by atoms with E-state index in [-0.39, 0.29) is 28.0 Å². The number of rotatable bonds is 5. The van der Waals surface area contributed by atoms with Gasteiger partial charge in [0.15, 0.2) is 5.82 Å². The molecule has 0 spiro atoms. The van der Waals surface area contributed by atoms with Crippen molar-refractivity contribution in [2.45, 2.75) is 19.3 Å². The lowest BCUT2D eigenvalue weighted by atomic mass is 10.00. The molecule has 2 aromatic heterocycles. The molecule has 8 nitrogen and oxygen atoms in total. The van der Waals surface area contributed by atoms with E-state index in [2.05, 4.69) is 42.2 Å². The SMILES string of the molecule is CNC(=O)c1cccc(F)c1Nc1nc(Nc2ccc3c(c2)-c2cn[nH]c2CCC3)ncc1Cl. The Bertz CT molecular complexity index is 1390. The molecule has 2 aromatic carbocycles. The number of carbonyl (C=O) groups is 1. The second kappa shape index (κ2) is 9.11. The number of benzene rings is 2. The summed E-state index contributed by atoms with van der Waals surface area (Å²) in [6.07, 6.45) is 6.26. The summed E-state index contributed by atoms with van der Waals surface area (Å²) >= 11 is 6.28. The molecule has 0 bridgehead atoms. The Morgan fingerprint density at radius 1 is 1.12 bits per heavy atom. The maximum atomic E-state index is 14.5. The number of aromatic amines is 1. The van der Waals surface area contributed by atoms with Gasteiger partial charge in [-0.25, -0.2) is 9.37 Å². The Morgan fingerprint density at radius 3 is 2.85 bits per heavy atom. The molecule has 10 heteroatoms. The second-order valence-electron chi connectivity index (χ2n) is 7.87. The first-order valence-corrected chi connectivity index (χ1v) is 11.1. The number of halogens is 2. The van der Waals surface area contributed by atoms with Crippen LogP contribution < -0.4 is 16.0 Å². The average molecular weight is 478 g/mol. The van der Waals surface area contributed by atoms with E-state index in [9.17, 15) is 9.18 Å². The third-order valence-corrected chi connectivity index (χ3v) is 6.00. The van der Waals surface area contributed by atoms with Crippen molar-refractivity contribution in [2.24, 2.45) is 0 Å². The molecule has 5 rings (SSSR count). The summed E-state index contributed by atoms with van der Waals surface area (Å²) in [5.41, 5.74) is 5.49. The number of hydrogen-bond donors (Lipinski definition) is 4. The van der Waals surface area contributed by atoms with Gasteiger partial charge in [0.05, 0.1) is 23.6 Å². The summed E-state index contributed by atoms with van der Waals surface area (Å²) in [6, 6.07) is 10.3. The monoisotopic (exact) mass is 477 g/mol. The zero-order valence-corrected chi connectivity index (χ0v) is 19.0. The van der Waals surface area contributed by atoms with Crippen LogP contribution in [0.15, 0.2) is 48.8 Å². The highest BCUT2D eigenvalue weighted by Gasteiger charge is 2.18. The van der Waals surface area contributed by atoms with Gasteiger partial charge in [0.2, 0.25) is 5.95 Å². The van der Waals surface area contributed by atoms with Crippen molar-refractivity contribution in [2.75, 3.05) is 17.7 Å². The highest BCUT2D eigenvalue weighted by Crippen LogP contribution is 2.34. The topological polar surface area (TPSA) is 108 Å². The molecule has 0 saturated heterocycles. The molecule has 4 aromatic rings. The van der Waals surface area contributed by atoms with Gasteiger partial charge in [-0.05, 0) is 54.7 Å². The highest BCUT2D eigenvalue weighted by molar-refractivity contribution is 6.33. The van der Waals surface area contributed by atoms with Crippen molar-refractivity contribution < 1.29 is 9.18 Å². The smallest absolute Gasteiger partial charge is 0.253 e. The molecule has 0 aliphatic heterocycles. The lowest BCUT2D eigenvalue weighted by molar-refractivity contribution is 0.0963. The number of nitrogens with zero attached hydrogens (tertiary/aromatic N) is 3. The molecule has 0 unspecified atom stereocenters. The van der Waals surface area contributed by atoms with Crippen LogP contribution in [0.3, 0.4) is 0 Å². The summed E-state index contributed by atoms with van der Waals surface area (Å²) < 4.78 is 14.5. The van der Waals surface area contributed by atoms with Crippen molar-refractivity contribution >= 4 is 40.6 Å². The zero-order chi connectivity index (χ0) is 23.7. The van der Waals surface area contributed by atoms with Gasteiger partial charge in [0.25, 0.3) is 5.91 Å². The summed E-state index contributed by atoms with van der Waals surface area (Å²) in [5, 5.41) is 16.0. The predicted octanol–water partition coefficient (Wildman–Crippen LogP) is 4.99. The van der Waals surface area contributed by atoms with Gasteiger partial charge in [-0.15, -0.1) is 0 Å². The summed E-state index contributed by atoms with van der Waals surface area (Å²) in [4.78, 5) is 20.8. The van der Waals surface area contributed by atoms with E-state index in [1.54, 1.807) is 0 Å². The largest absolute Gasteiger partial charge is 0.355 e. The van der Waals surface area contributed by atoms with Crippen molar-refractivity contribution in [1.82, 2.24) is 25.5 Å². The van der Waals surface area contributed by atoms with Crippen molar-refractivity contribution in [3.63, 3.8) is 0 Å². The maximum absolute atomic E-state index is 14.5. The predicted molar refractivity (Wildman–Crippen MR) is 129 cm³/mol. The van der Waals surface area contributed by atoms with Crippen LogP contribution in [-0.4, -0.2) is 33.1 Å². The number of aryl methyl sites for hydroxylation is 2. The number of carbonyl (C=O) groups excluding carboxylic acids is 1. The molecular formula is C24H21ClFN7O. The maximum Gasteiger partial charge on any atom is 0.253 e. The summed E-state index contributed by atoms with van der Waals surface area (Å²) in [5.74, 6) is -0.604. The third-order valence-electron chi connectivity index (χ3n) is 5.72. The van der Waals surface area contributed by atoms with Crippen LogP contribution in [0.25, 0.3) is 11.1 Å². The van der Waals surface area contributed by atoms with Crippen LogP contribution in [0.1, 0.15) is 28.0 Å². The minimum absolute atomic E-state index is 0.0223. The first-order valence-electron chi connectivity index (χ1n) is 10.8. The van der Waals surface area contributed by atoms with Gasteiger partial charge in [-0.1, -0.05) is 23.7 Å². The van der Waals surface area contributed by atoms with E-state index in [0.29, 0.717) is 0 Å². The molecule has 2 heterocycles.